The highest BCUT2D eigenvalue weighted by Crippen LogP contribution is 2.51. The molecule has 4 rings (SSSR count). The highest BCUT2D eigenvalue weighted by atomic mass is 19.1. The Hall–Kier alpha value is -1.71. The zero-order valence-corrected chi connectivity index (χ0v) is 15.3. The molecule has 2 aromatic rings. The van der Waals surface area contributed by atoms with E-state index >= 15 is 0 Å². The molecule has 0 aromatic heterocycles. The Labute approximate surface area is 150 Å². The maximum atomic E-state index is 13.2. The lowest BCUT2D eigenvalue weighted by atomic mass is 9.93. The predicted octanol–water partition coefficient (Wildman–Crippen LogP) is 4.44. The van der Waals surface area contributed by atoms with Crippen LogP contribution in [0, 0.1) is 11.7 Å². The summed E-state index contributed by atoms with van der Waals surface area (Å²) in [6, 6.07) is 17.0. The van der Waals surface area contributed by atoms with Crippen molar-refractivity contribution in [2.75, 3.05) is 20.1 Å². The summed E-state index contributed by atoms with van der Waals surface area (Å²) < 4.78 is 13.2. The molecule has 25 heavy (non-hydrogen) atoms. The summed E-state index contributed by atoms with van der Waals surface area (Å²) in [5.41, 5.74) is 4.25. The van der Waals surface area contributed by atoms with E-state index in [0.29, 0.717) is 23.9 Å². The lowest BCUT2D eigenvalue weighted by Crippen LogP contribution is -2.35. The molecule has 3 heteroatoms. The molecular weight excluding hydrogens is 311 g/mol. The summed E-state index contributed by atoms with van der Waals surface area (Å²) in [5.74, 6) is 1.10. The van der Waals surface area contributed by atoms with E-state index in [9.17, 15) is 4.39 Å². The number of benzene rings is 2. The van der Waals surface area contributed by atoms with Gasteiger partial charge >= 0.3 is 0 Å². The van der Waals surface area contributed by atoms with Crippen LogP contribution in [0.4, 0.5) is 4.39 Å². The van der Waals surface area contributed by atoms with Crippen molar-refractivity contribution in [1.82, 2.24) is 9.80 Å². The fourth-order valence-electron chi connectivity index (χ4n) is 4.73. The third kappa shape index (κ3) is 3.00. The Morgan fingerprint density at radius 2 is 1.72 bits per heavy atom. The lowest BCUT2D eigenvalue weighted by molar-refractivity contribution is 0.145. The van der Waals surface area contributed by atoms with Crippen molar-refractivity contribution in [2.24, 2.45) is 5.92 Å². The molecule has 0 bridgehead atoms. The highest BCUT2D eigenvalue weighted by Gasteiger charge is 2.47. The molecule has 2 nitrogen and oxygen atoms in total. The minimum absolute atomic E-state index is 0.158. The number of likely N-dealkylation sites (tertiary alicyclic amines) is 1. The van der Waals surface area contributed by atoms with Crippen LogP contribution < -0.4 is 0 Å². The van der Waals surface area contributed by atoms with E-state index in [0.717, 1.165) is 19.6 Å². The largest absolute Gasteiger partial charge is 0.298 e. The molecule has 2 aromatic carbocycles. The zero-order valence-electron chi connectivity index (χ0n) is 15.3. The van der Waals surface area contributed by atoms with Gasteiger partial charge in [0.15, 0.2) is 0 Å². The SMILES string of the molecule is CC(C)N(C)[C@H]1c2ccccc2[C@@H]2CN(Cc3ccc(F)cc3)C[C@@H]21. The van der Waals surface area contributed by atoms with E-state index in [1.165, 1.54) is 16.7 Å². The van der Waals surface area contributed by atoms with E-state index in [-0.39, 0.29) is 5.82 Å². The first-order chi connectivity index (χ1) is 12.0. The fourth-order valence-corrected chi connectivity index (χ4v) is 4.73. The Morgan fingerprint density at radius 3 is 2.40 bits per heavy atom. The van der Waals surface area contributed by atoms with Crippen LogP contribution in [0.25, 0.3) is 0 Å². The lowest BCUT2D eigenvalue weighted by Gasteiger charge is -2.33. The normalized spacial score (nSPS) is 25.6. The van der Waals surface area contributed by atoms with Gasteiger partial charge in [-0.1, -0.05) is 36.4 Å². The smallest absolute Gasteiger partial charge is 0.123 e. The molecule has 132 valence electrons. The second-order valence-corrected chi connectivity index (χ2v) is 7.92. The molecule has 1 aliphatic carbocycles. The molecule has 1 fully saturated rings. The maximum Gasteiger partial charge on any atom is 0.123 e. The van der Waals surface area contributed by atoms with Crippen LogP contribution in [-0.4, -0.2) is 36.0 Å². The molecule has 0 saturated carbocycles. The third-order valence-corrected chi connectivity index (χ3v) is 6.13. The molecule has 0 amide bonds. The van der Waals surface area contributed by atoms with Gasteiger partial charge in [0.05, 0.1) is 0 Å². The number of halogens is 1. The summed E-state index contributed by atoms with van der Waals surface area (Å²) in [7, 11) is 2.26. The quantitative estimate of drug-likeness (QED) is 0.813. The number of fused-ring (bicyclic) bond motifs is 3. The highest BCUT2D eigenvalue weighted by molar-refractivity contribution is 5.41. The minimum atomic E-state index is -0.158. The Morgan fingerprint density at radius 1 is 1.04 bits per heavy atom. The molecule has 0 unspecified atom stereocenters. The Bertz CT molecular complexity index is 740. The van der Waals surface area contributed by atoms with E-state index in [1.54, 1.807) is 12.1 Å². The van der Waals surface area contributed by atoms with Crippen molar-refractivity contribution in [3.05, 3.63) is 71.0 Å². The van der Waals surface area contributed by atoms with Crippen LogP contribution in [0.5, 0.6) is 0 Å². The monoisotopic (exact) mass is 338 g/mol. The van der Waals surface area contributed by atoms with Gasteiger partial charge in [-0.05, 0) is 55.6 Å². The topological polar surface area (TPSA) is 6.48 Å². The van der Waals surface area contributed by atoms with E-state index in [1.807, 2.05) is 12.1 Å². The first-order valence-corrected chi connectivity index (χ1v) is 9.32. The van der Waals surface area contributed by atoms with Gasteiger partial charge < -0.3 is 0 Å². The third-order valence-electron chi connectivity index (χ3n) is 6.13. The van der Waals surface area contributed by atoms with Crippen molar-refractivity contribution in [1.29, 1.82) is 0 Å². The average Bonchev–Trinajstić information content (AvgIpc) is 3.12. The second-order valence-electron chi connectivity index (χ2n) is 7.92. The van der Waals surface area contributed by atoms with Gasteiger partial charge in [-0.15, -0.1) is 0 Å². The standard InChI is InChI=1S/C22H27FN2/c1-15(2)24(3)22-19-7-5-4-6-18(19)20-13-25(14-21(20)22)12-16-8-10-17(23)11-9-16/h4-11,15,20-22H,12-14H2,1-3H3/t20-,21-,22-/m0/s1. The van der Waals surface area contributed by atoms with Crippen molar-refractivity contribution in [3.63, 3.8) is 0 Å². The molecule has 1 saturated heterocycles. The summed E-state index contributed by atoms with van der Waals surface area (Å²) in [6.07, 6.45) is 0. The molecule has 0 N–H and O–H groups in total. The molecule has 2 aliphatic rings. The van der Waals surface area contributed by atoms with E-state index in [2.05, 4.69) is 55.0 Å². The fraction of sp³-hybridized carbons (Fsp3) is 0.455. The van der Waals surface area contributed by atoms with E-state index in [4.69, 9.17) is 0 Å². The molecule has 3 atom stereocenters. The Kier molecular flexibility index (Phi) is 4.38. The van der Waals surface area contributed by atoms with Gasteiger partial charge in [0.25, 0.3) is 0 Å². The Balaban J connectivity index is 1.58. The number of hydrogen-bond donors (Lipinski definition) is 0. The molecule has 0 spiro atoms. The van der Waals surface area contributed by atoms with Crippen LogP contribution in [0.2, 0.25) is 0 Å². The van der Waals surface area contributed by atoms with Crippen LogP contribution in [-0.2, 0) is 6.54 Å². The van der Waals surface area contributed by atoms with Gasteiger partial charge in [0, 0.05) is 37.6 Å². The summed E-state index contributed by atoms with van der Waals surface area (Å²) in [5, 5.41) is 0. The summed E-state index contributed by atoms with van der Waals surface area (Å²) in [6.45, 7) is 7.68. The van der Waals surface area contributed by atoms with Crippen molar-refractivity contribution in [2.45, 2.75) is 38.4 Å². The predicted molar refractivity (Wildman–Crippen MR) is 100.0 cm³/mol. The number of hydrogen-bond acceptors (Lipinski definition) is 2. The zero-order chi connectivity index (χ0) is 17.6. The van der Waals surface area contributed by atoms with E-state index < -0.39 is 0 Å². The van der Waals surface area contributed by atoms with Crippen LogP contribution in [0.1, 0.15) is 42.5 Å². The minimum Gasteiger partial charge on any atom is -0.298 e. The molecule has 1 aliphatic heterocycles. The summed E-state index contributed by atoms with van der Waals surface area (Å²) in [4.78, 5) is 5.07. The molecular formula is C22H27FN2. The van der Waals surface area contributed by atoms with Gasteiger partial charge in [0.2, 0.25) is 0 Å². The van der Waals surface area contributed by atoms with Crippen molar-refractivity contribution < 1.29 is 4.39 Å². The van der Waals surface area contributed by atoms with Crippen LogP contribution in [0.3, 0.4) is 0 Å². The van der Waals surface area contributed by atoms with Gasteiger partial charge in [-0.25, -0.2) is 4.39 Å². The van der Waals surface area contributed by atoms with Crippen molar-refractivity contribution in [3.8, 4) is 0 Å². The van der Waals surface area contributed by atoms with Crippen LogP contribution in [0.15, 0.2) is 48.5 Å². The van der Waals surface area contributed by atoms with Crippen LogP contribution >= 0.6 is 0 Å². The first-order valence-electron chi connectivity index (χ1n) is 9.32. The van der Waals surface area contributed by atoms with Gasteiger partial charge in [-0.3, -0.25) is 9.80 Å². The first kappa shape index (κ1) is 16.7. The number of rotatable bonds is 4. The summed E-state index contributed by atoms with van der Waals surface area (Å²) >= 11 is 0. The average molecular weight is 338 g/mol. The van der Waals surface area contributed by atoms with Gasteiger partial charge in [0.1, 0.15) is 5.82 Å². The molecule has 1 heterocycles. The number of nitrogens with zero attached hydrogens (tertiary/aromatic N) is 2. The van der Waals surface area contributed by atoms with Gasteiger partial charge in [-0.2, -0.15) is 0 Å². The second kappa shape index (κ2) is 6.54. The maximum absolute atomic E-state index is 13.2. The molecule has 0 radical (unpaired) electrons. The van der Waals surface area contributed by atoms with Crippen molar-refractivity contribution >= 4 is 0 Å².